The van der Waals surface area contributed by atoms with E-state index in [9.17, 15) is 12.6 Å². The van der Waals surface area contributed by atoms with Crippen molar-refractivity contribution in [2.75, 3.05) is 6.26 Å². The zero-order valence-corrected chi connectivity index (χ0v) is 8.43. The Kier molecular flexibility index (Phi) is 2.84. The third kappa shape index (κ3) is 2.36. The number of hydrogen-bond acceptors (Lipinski definition) is 3. The average Bonchev–Trinajstić information content (AvgIpc) is 2.03. The molecule has 0 heterocycles. The van der Waals surface area contributed by atoms with Crippen molar-refractivity contribution in [3.63, 3.8) is 0 Å². The van der Waals surface area contributed by atoms with E-state index in [1.807, 2.05) is 0 Å². The Labute approximate surface area is 78.8 Å². The maximum Gasteiger partial charge on any atom is 0.187 e. The van der Waals surface area contributed by atoms with Crippen LogP contribution in [-0.4, -0.2) is 23.4 Å². The Hall–Kier alpha value is -0.720. The zero-order chi connectivity index (χ0) is 10.1. The molecule has 1 N–H and O–H groups in total. The third-order valence-corrected chi connectivity index (χ3v) is 3.45. The van der Waals surface area contributed by atoms with E-state index in [2.05, 4.69) is 0 Å². The Bertz CT molecular complexity index is 436. The van der Waals surface area contributed by atoms with Crippen molar-refractivity contribution in [3.05, 3.63) is 24.3 Å². The first-order valence-corrected chi connectivity index (χ1v) is 6.32. The molecule has 0 aromatic heterocycles. The lowest BCUT2D eigenvalue weighted by Gasteiger charge is -2.02. The summed E-state index contributed by atoms with van der Waals surface area (Å²) in [5.74, 6) is 0. The van der Waals surface area contributed by atoms with Crippen LogP contribution >= 0.6 is 0 Å². The van der Waals surface area contributed by atoms with Gasteiger partial charge in [0.25, 0.3) is 0 Å². The molecule has 0 saturated carbocycles. The lowest BCUT2D eigenvalue weighted by atomic mass is 10.4. The molecule has 0 radical (unpaired) electrons. The van der Waals surface area contributed by atoms with Gasteiger partial charge >= 0.3 is 0 Å². The van der Waals surface area contributed by atoms with Crippen molar-refractivity contribution in [2.24, 2.45) is 0 Å². The Balaban J connectivity index is 3.46. The molecule has 0 aliphatic heterocycles. The highest BCUT2D eigenvalue weighted by molar-refractivity contribution is 7.91. The summed E-state index contributed by atoms with van der Waals surface area (Å²) >= 11 is -2.27. The molecule has 1 rings (SSSR count). The fourth-order valence-electron chi connectivity index (χ4n) is 0.901. The van der Waals surface area contributed by atoms with Crippen LogP contribution in [0.2, 0.25) is 0 Å². The molecule has 6 heteroatoms. The van der Waals surface area contributed by atoms with Gasteiger partial charge in [-0.2, -0.15) is 0 Å². The lowest BCUT2D eigenvalue weighted by molar-refractivity contribution is 0.559. The van der Waals surface area contributed by atoms with Crippen LogP contribution in [-0.2, 0) is 20.9 Å². The molecule has 4 nitrogen and oxygen atoms in total. The third-order valence-electron chi connectivity index (χ3n) is 1.44. The number of rotatable bonds is 2. The summed E-state index contributed by atoms with van der Waals surface area (Å²) in [6.45, 7) is 0. The summed E-state index contributed by atoms with van der Waals surface area (Å²) < 4.78 is 41.7. The molecule has 13 heavy (non-hydrogen) atoms. The van der Waals surface area contributed by atoms with E-state index in [4.69, 9.17) is 4.55 Å². The van der Waals surface area contributed by atoms with E-state index < -0.39 is 20.9 Å². The van der Waals surface area contributed by atoms with E-state index in [1.165, 1.54) is 24.3 Å². The van der Waals surface area contributed by atoms with Gasteiger partial charge in [-0.15, -0.1) is 0 Å². The quantitative estimate of drug-likeness (QED) is 0.744. The second-order valence-corrected chi connectivity index (χ2v) is 5.39. The number of sulfone groups is 1. The van der Waals surface area contributed by atoms with Crippen molar-refractivity contribution in [1.82, 2.24) is 0 Å². The molecular formula is C7H8O4S2. The molecule has 0 aliphatic carbocycles. The molecule has 0 saturated heterocycles. The molecule has 0 amide bonds. The average molecular weight is 220 g/mol. The van der Waals surface area contributed by atoms with Gasteiger partial charge in [0.15, 0.2) is 20.9 Å². The van der Waals surface area contributed by atoms with Crippen molar-refractivity contribution < 1.29 is 17.2 Å². The Morgan fingerprint density at radius 2 is 1.85 bits per heavy atom. The molecule has 0 spiro atoms. The molecule has 0 bridgehead atoms. The topological polar surface area (TPSA) is 71.4 Å². The minimum absolute atomic E-state index is 0.0787. The first-order chi connectivity index (χ1) is 5.93. The first-order valence-electron chi connectivity index (χ1n) is 3.33. The maximum absolute atomic E-state index is 11.1. The van der Waals surface area contributed by atoms with E-state index in [0.29, 0.717) is 0 Å². The minimum atomic E-state index is -3.43. The predicted octanol–water partition coefficient (Wildman–Crippen LogP) is 0.671. The summed E-state index contributed by atoms with van der Waals surface area (Å²) in [7, 11) is -3.43. The molecule has 1 aromatic carbocycles. The second kappa shape index (κ2) is 3.57. The van der Waals surface area contributed by atoms with E-state index in [-0.39, 0.29) is 9.79 Å². The molecule has 1 unspecified atom stereocenters. The van der Waals surface area contributed by atoms with E-state index in [1.54, 1.807) is 0 Å². The maximum atomic E-state index is 11.1. The van der Waals surface area contributed by atoms with Gasteiger partial charge in [0, 0.05) is 6.26 Å². The summed E-state index contributed by atoms with van der Waals surface area (Å²) in [6, 6.07) is 5.64. The van der Waals surface area contributed by atoms with Gasteiger partial charge in [0.1, 0.15) is 0 Å². The summed E-state index contributed by atoms with van der Waals surface area (Å²) in [5.41, 5.74) is 0. The van der Waals surface area contributed by atoms with Crippen LogP contribution in [0.1, 0.15) is 0 Å². The van der Waals surface area contributed by atoms with Gasteiger partial charge in [-0.1, -0.05) is 12.1 Å². The second-order valence-electron chi connectivity index (χ2n) is 2.47. The summed E-state index contributed by atoms with van der Waals surface area (Å²) in [6.07, 6.45) is 0.999. The highest BCUT2D eigenvalue weighted by atomic mass is 32.2. The minimum Gasteiger partial charge on any atom is -0.302 e. The van der Waals surface area contributed by atoms with Gasteiger partial charge < -0.3 is 4.55 Å². The number of benzene rings is 1. The van der Waals surface area contributed by atoms with Crippen LogP contribution < -0.4 is 0 Å². The van der Waals surface area contributed by atoms with Crippen molar-refractivity contribution >= 4 is 20.9 Å². The normalized spacial score (nSPS) is 14.0. The zero-order valence-electron chi connectivity index (χ0n) is 6.80. The van der Waals surface area contributed by atoms with Crippen LogP contribution in [0.5, 0.6) is 0 Å². The Morgan fingerprint density at radius 1 is 1.31 bits per heavy atom. The van der Waals surface area contributed by atoms with E-state index in [0.717, 1.165) is 6.26 Å². The highest BCUT2D eigenvalue weighted by Crippen LogP contribution is 2.17. The lowest BCUT2D eigenvalue weighted by Crippen LogP contribution is -2.03. The monoisotopic (exact) mass is 220 g/mol. The molecular weight excluding hydrogens is 212 g/mol. The van der Waals surface area contributed by atoms with Crippen molar-refractivity contribution in [1.29, 1.82) is 0 Å². The Morgan fingerprint density at radius 3 is 2.23 bits per heavy atom. The molecule has 72 valence electrons. The SMILES string of the molecule is CS(=O)(=O)c1ccccc1S(=O)O. The van der Waals surface area contributed by atoms with Gasteiger partial charge in [-0.25, -0.2) is 12.6 Å². The molecule has 1 atom stereocenters. The first kappa shape index (κ1) is 10.4. The fraction of sp³-hybridized carbons (Fsp3) is 0.143. The molecule has 0 fully saturated rings. The van der Waals surface area contributed by atoms with Crippen LogP contribution in [0.15, 0.2) is 34.1 Å². The number of hydrogen-bond donors (Lipinski definition) is 1. The fourth-order valence-corrected chi connectivity index (χ4v) is 2.76. The summed E-state index contributed by atoms with van der Waals surface area (Å²) in [5, 5.41) is 0. The van der Waals surface area contributed by atoms with Gasteiger partial charge in [0.05, 0.1) is 9.79 Å². The smallest absolute Gasteiger partial charge is 0.187 e. The van der Waals surface area contributed by atoms with Crippen molar-refractivity contribution in [2.45, 2.75) is 9.79 Å². The predicted molar refractivity (Wildman–Crippen MR) is 48.6 cm³/mol. The van der Waals surface area contributed by atoms with Gasteiger partial charge in [-0.3, -0.25) is 0 Å². The van der Waals surface area contributed by atoms with Crippen LogP contribution in [0, 0.1) is 0 Å². The van der Waals surface area contributed by atoms with Crippen molar-refractivity contribution in [3.8, 4) is 0 Å². The van der Waals surface area contributed by atoms with E-state index >= 15 is 0 Å². The molecule has 1 aromatic rings. The molecule has 0 aliphatic rings. The van der Waals surface area contributed by atoms with Crippen LogP contribution in [0.25, 0.3) is 0 Å². The standard InChI is InChI=1S/C7H8O4S2/c1-13(10,11)7-5-3-2-4-6(7)12(8)9/h2-5H,1H3,(H,8,9). The van der Waals surface area contributed by atoms with Gasteiger partial charge in [0.2, 0.25) is 0 Å². The van der Waals surface area contributed by atoms with Crippen LogP contribution in [0.4, 0.5) is 0 Å². The van der Waals surface area contributed by atoms with Crippen LogP contribution in [0.3, 0.4) is 0 Å². The summed E-state index contributed by atoms with van der Waals surface area (Å²) in [4.78, 5) is -0.180. The van der Waals surface area contributed by atoms with Gasteiger partial charge in [-0.05, 0) is 12.1 Å². The highest BCUT2D eigenvalue weighted by Gasteiger charge is 2.15. The largest absolute Gasteiger partial charge is 0.302 e.